The largest absolute Gasteiger partial charge is 0.336 e. The van der Waals surface area contributed by atoms with Crippen molar-refractivity contribution in [2.45, 2.75) is 99.5 Å². The van der Waals surface area contributed by atoms with Gasteiger partial charge in [0.15, 0.2) is 0 Å². The predicted octanol–water partition coefficient (Wildman–Crippen LogP) is 9.19. The van der Waals surface area contributed by atoms with E-state index >= 15 is 0 Å². The molecule has 0 fully saturated rings. The fraction of sp³-hybridized carbons (Fsp3) is 0.621. The Morgan fingerprint density at radius 1 is 0.903 bits per heavy atom. The van der Waals surface area contributed by atoms with E-state index in [9.17, 15) is 0 Å². The minimum atomic E-state index is 0.292. The van der Waals surface area contributed by atoms with Crippen LogP contribution in [0.15, 0.2) is 42.6 Å². The summed E-state index contributed by atoms with van der Waals surface area (Å²) in [5, 5.41) is 1.28. The third-order valence-corrected chi connectivity index (χ3v) is 8.30. The number of aromatic nitrogens is 2. The molecule has 2 unspecified atom stereocenters. The van der Waals surface area contributed by atoms with E-state index in [4.69, 9.17) is 4.98 Å². The van der Waals surface area contributed by atoms with Gasteiger partial charge in [0.2, 0.25) is 0 Å². The molecule has 170 valence electrons. The maximum absolute atomic E-state index is 4.78. The van der Waals surface area contributed by atoms with Gasteiger partial charge in [-0.25, -0.2) is 0 Å². The lowest BCUT2D eigenvalue weighted by Gasteiger charge is -2.44. The molecule has 2 nitrogen and oxygen atoms in total. The molecular formula is C29H44N2. The molecular weight excluding hydrogens is 376 g/mol. The minimum Gasteiger partial charge on any atom is -0.336 e. The summed E-state index contributed by atoms with van der Waals surface area (Å²) in [6.07, 6.45) is 10.9. The maximum Gasteiger partial charge on any atom is 0.0959 e. The molecule has 0 aliphatic carbocycles. The number of unbranched alkanes of at least 4 members (excludes halogenated alkanes) is 2. The topological polar surface area (TPSA) is 17.8 Å². The van der Waals surface area contributed by atoms with Gasteiger partial charge in [0.1, 0.15) is 0 Å². The Morgan fingerprint density at radius 2 is 1.58 bits per heavy atom. The minimum absolute atomic E-state index is 0.292. The molecule has 0 spiro atoms. The summed E-state index contributed by atoms with van der Waals surface area (Å²) >= 11 is 0. The van der Waals surface area contributed by atoms with Crippen molar-refractivity contribution in [1.82, 2.24) is 9.55 Å². The van der Waals surface area contributed by atoms with Crippen LogP contribution in [-0.4, -0.2) is 9.55 Å². The van der Waals surface area contributed by atoms with Crippen LogP contribution in [0.1, 0.15) is 99.5 Å². The van der Waals surface area contributed by atoms with E-state index in [1.54, 1.807) is 0 Å². The molecule has 0 bridgehead atoms. The summed E-state index contributed by atoms with van der Waals surface area (Å²) in [7, 11) is 0. The molecule has 0 N–H and O–H groups in total. The van der Waals surface area contributed by atoms with Crippen molar-refractivity contribution in [1.29, 1.82) is 0 Å². The zero-order chi connectivity index (χ0) is 22.6. The van der Waals surface area contributed by atoms with E-state index in [2.05, 4.69) is 89.4 Å². The van der Waals surface area contributed by atoms with Gasteiger partial charge in [-0.15, -0.1) is 0 Å². The summed E-state index contributed by atoms with van der Waals surface area (Å²) in [6, 6.07) is 13.6. The first-order chi connectivity index (χ1) is 14.8. The number of benzene rings is 1. The van der Waals surface area contributed by atoms with Gasteiger partial charge < -0.3 is 4.57 Å². The summed E-state index contributed by atoms with van der Waals surface area (Å²) in [5.74, 6) is 0.605. The molecule has 0 saturated heterocycles. The highest BCUT2D eigenvalue weighted by molar-refractivity contribution is 6.05. The van der Waals surface area contributed by atoms with Crippen LogP contribution in [0.2, 0.25) is 0 Å². The zero-order valence-electron chi connectivity index (χ0n) is 21.0. The third kappa shape index (κ3) is 4.83. The summed E-state index contributed by atoms with van der Waals surface area (Å²) in [6.45, 7) is 17.1. The van der Waals surface area contributed by atoms with Crippen molar-refractivity contribution in [3.8, 4) is 0 Å². The number of hydrogen-bond acceptors (Lipinski definition) is 1. The molecule has 2 heterocycles. The van der Waals surface area contributed by atoms with Crippen LogP contribution in [0, 0.1) is 16.7 Å². The Labute approximate surface area is 190 Å². The molecule has 1 aromatic carbocycles. The van der Waals surface area contributed by atoms with Gasteiger partial charge >= 0.3 is 0 Å². The molecule has 2 atom stereocenters. The molecule has 0 radical (unpaired) electrons. The first-order valence-corrected chi connectivity index (χ1v) is 12.6. The second kappa shape index (κ2) is 9.76. The average molecular weight is 421 g/mol. The molecule has 31 heavy (non-hydrogen) atoms. The van der Waals surface area contributed by atoms with E-state index in [1.807, 2.05) is 6.20 Å². The SMILES string of the molecule is CCCCCC(C)(C)C(CC(C)(CC)CC)C(C)n1c2ccccc2c2ncccc21. The van der Waals surface area contributed by atoms with Gasteiger partial charge in [-0.3, -0.25) is 4.98 Å². The smallest absolute Gasteiger partial charge is 0.0959 e. The van der Waals surface area contributed by atoms with E-state index < -0.39 is 0 Å². The van der Waals surface area contributed by atoms with Crippen LogP contribution in [0.5, 0.6) is 0 Å². The second-order valence-electron chi connectivity index (χ2n) is 10.8. The van der Waals surface area contributed by atoms with Gasteiger partial charge in [-0.05, 0) is 54.7 Å². The van der Waals surface area contributed by atoms with Crippen molar-refractivity contribution in [3.05, 3.63) is 42.6 Å². The number of hydrogen-bond donors (Lipinski definition) is 0. The van der Waals surface area contributed by atoms with Gasteiger partial charge in [0.05, 0.1) is 16.6 Å². The van der Waals surface area contributed by atoms with E-state index in [1.165, 1.54) is 61.4 Å². The van der Waals surface area contributed by atoms with Crippen LogP contribution in [0.4, 0.5) is 0 Å². The number of para-hydroxylation sites is 1. The van der Waals surface area contributed by atoms with E-state index in [-0.39, 0.29) is 0 Å². The Balaban J connectivity index is 2.12. The highest BCUT2D eigenvalue weighted by Crippen LogP contribution is 2.49. The first kappa shape index (κ1) is 23.8. The van der Waals surface area contributed by atoms with Crippen LogP contribution < -0.4 is 0 Å². The molecule has 0 aliphatic heterocycles. The molecule has 2 aromatic heterocycles. The Bertz CT molecular complexity index is 923. The summed E-state index contributed by atoms with van der Waals surface area (Å²) < 4.78 is 2.61. The van der Waals surface area contributed by atoms with Gasteiger partial charge in [-0.1, -0.05) is 91.8 Å². The standard InChI is InChI=1S/C29H44N2/c1-8-11-14-19-28(5,6)24(21-29(7,9-2)10-3)22(4)31-25-17-13-12-16-23(25)27-26(31)18-15-20-30-27/h12-13,15-18,20,22,24H,8-11,14,19,21H2,1-7H3. The highest BCUT2D eigenvalue weighted by atomic mass is 15.0. The number of pyridine rings is 1. The Morgan fingerprint density at radius 3 is 2.26 bits per heavy atom. The van der Waals surface area contributed by atoms with E-state index in [0.29, 0.717) is 22.8 Å². The lowest BCUT2D eigenvalue weighted by molar-refractivity contribution is 0.0746. The highest BCUT2D eigenvalue weighted by Gasteiger charge is 2.39. The van der Waals surface area contributed by atoms with Gasteiger partial charge in [0.25, 0.3) is 0 Å². The predicted molar refractivity (Wildman–Crippen MR) is 137 cm³/mol. The lowest BCUT2D eigenvalue weighted by atomic mass is 9.64. The Hall–Kier alpha value is -1.83. The monoisotopic (exact) mass is 420 g/mol. The second-order valence-corrected chi connectivity index (χ2v) is 10.8. The molecule has 0 saturated carbocycles. The van der Waals surface area contributed by atoms with Crippen molar-refractivity contribution in [2.24, 2.45) is 16.7 Å². The Kier molecular flexibility index (Phi) is 7.50. The molecule has 0 amide bonds. The molecule has 3 aromatic rings. The zero-order valence-corrected chi connectivity index (χ0v) is 21.0. The van der Waals surface area contributed by atoms with E-state index in [0.717, 1.165) is 5.52 Å². The number of rotatable bonds is 11. The molecule has 0 aliphatic rings. The third-order valence-electron chi connectivity index (χ3n) is 8.30. The fourth-order valence-electron chi connectivity index (χ4n) is 5.62. The quantitative estimate of drug-likeness (QED) is 0.283. The van der Waals surface area contributed by atoms with Crippen LogP contribution in [0.25, 0.3) is 21.9 Å². The molecule has 2 heteroatoms. The van der Waals surface area contributed by atoms with Crippen LogP contribution in [-0.2, 0) is 0 Å². The maximum atomic E-state index is 4.78. The summed E-state index contributed by atoms with van der Waals surface area (Å²) in [4.78, 5) is 4.78. The van der Waals surface area contributed by atoms with Crippen molar-refractivity contribution in [3.63, 3.8) is 0 Å². The number of nitrogens with zero attached hydrogens (tertiary/aromatic N) is 2. The lowest BCUT2D eigenvalue weighted by Crippen LogP contribution is -2.35. The van der Waals surface area contributed by atoms with Crippen molar-refractivity contribution in [2.75, 3.05) is 0 Å². The molecule has 3 rings (SSSR count). The summed E-state index contributed by atoms with van der Waals surface area (Å²) in [5.41, 5.74) is 4.42. The van der Waals surface area contributed by atoms with Gasteiger partial charge in [-0.2, -0.15) is 0 Å². The van der Waals surface area contributed by atoms with Gasteiger partial charge in [0, 0.05) is 17.6 Å². The first-order valence-electron chi connectivity index (χ1n) is 12.6. The van der Waals surface area contributed by atoms with Crippen LogP contribution in [0.3, 0.4) is 0 Å². The van der Waals surface area contributed by atoms with Crippen molar-refractivity contribution >= 4 is 21.9 Å². The fourth-order valence-corrected chi connectivity index (χ4v) is 5.62. The normalized spacial score (nSPS) is 14.9. The van der Waals surface area contributed by atoms with Crippen LogP contribution >= 0.6 is 0 Å². The average Bonchev–Trinajstić information content (AvgIpc) is 3.11. The number of fused-ring (bicyclic) bond motifs is 3. The van der Waals surface area contributed by atoms with Crippen molar-refractivity contribution < 1.29 is 0 Å².